The zero-order valence-electron chi connectivity index (χ0n) is 11.0. The highest BCUT2D eigenvalue weighted by Crippen LogP contribution is 2.22. The smallest absolute Gasteiger partial charge is 0.261 e. The molecule has 0 radical (unpaired) electrons. The van der Waals surface area contributed by atoms with Gasteiger partial charge >= 0.3 is 0 Å². The van der Waals surface area contributed by atoms with Crippen LogP contribution in [0.15, 0.2) is 29.2 Å². The molecular weight excluding hydrogens is 302 g/mol. The van der Waals surface area contributed by atoms with E-state index in [1.807, 2.05) is 0 Å². The average molecular weight is 318 g/mol. The van der Waals surface area contributed by atoms with E-state index in [2.05, 4.69) is 5.32 Å². The number of benzene rings is 1. The molecule has 2 rings (SSSR count). The molecule has 0 saturated heterocycles. The largest absolute Gasteiger partial charge is 0.381 e. The maximum absolute atomic E-state index is 12.1. The van der Waals surface area contributed by atoms with Crippen molar-refractivity contribution in [1.82, 2.24) is 5.32 Å². The lowest BCUT2D eigenvalue weighted by Gasteiger charge is -2.13. The summed E-state index contributed by atoms with van der Waals surface area (Å²) in [7, 11) is 3.10. The van der Waals surface area contributed by atoms with Crippen LogP contribution in [0.5, 0.6) is 0 Å². The highest BCUT2D eigenvalue weighted by molar-refractivity contribution is 8.13. The van der Waals surface area contributed by atoms with Crippen LogP contribution in [0.4, 0.5) is 0 Å². The molecular formula is C13H16ClNO4S. The molecule has 5 nitrogen and oxygen atoms in total. The lowest BCUT2D eigenvalue weighted by Crippen LogP contribution is -2.33. The van der Waals surface area contributed by atoms with Crippen LogP contribution in [0, 0.1) is 0 Å². The summed E-state index contributed by atoms with van der Waals surface area (Å²) in [4.78, 5) is 12.0. The number of carbonyl (C=O) groups is 1. The molecule has 0 heterocycles. The summed E-state index contributed by atoms with van der Waals surface area (Å²) in [5.74, 6) is -0.297. The fourth-order valence-corrected chi connectivity index (χ4v) is 3.14. The second-order valence-electron chi connectivity index (χ2n) is 4.81. The van der Waals surface area contributed by atoms with Crippen LogP contribution in [0.1, 0.15) is 29.6 Å². The number of rotatable bonds is 4. The first-order valence-corrected chi connectivity index (χ1v) is 8.59. The Morgan fingerprint density at radius 2 is 2.15 bits per heavy atom. The molecule has 1 saturated carbocycles. The van der Waals surface area contributed by atoms with E-state index < -0.39 is 9.05 Å². The van der Waals surface area contributed by atoms with Crippen molar-refractivity contribution in [2.75, 3.05) is 7.11 Å². The van der Waals surface area contributed by atoms with Gasteiger partial charge in [0.25, 0.3) is 15.0 Å². The van der Waals surface area contributed by atoms with Gasteiger partial charge < -0.3 is 10.1 Å². The predicted octanol–water partition coefficient (Wildman–Crippen LogP) is 1.91. The molecule has 1 aromatic carbocycles. The molecule has 20 heavy (non-hydrogen) atoms. The molecule has 1 fully saturated rings. The zero-order valence-corrected chi connectivity index (χ0v) is 12.6. The van der Waals surface area contributed by atoms with Gasteiger partial charge in [0.05, 0.1) is 11.0 Å². The van der Waals surface area contributed by atoms with Gasteiger partial charge in [-0.3, -0.25) is 4.79 Å². The van der Waals surface area contributed by atoms with E-state index in [0.29, 0.717) is 0 Å². The van der Waals surface area contributed by atoms with Crippen LogP contribution in [-0.4, -0.2) is 33.6 Å². The Hall–Kier alpha value is -1.11. The third kappa shape index (κ3) is 3.71. The highest BCUT2D eigenvalue weighted by atomic mass is 35.7. The quantitative estimate of drug-likeness (QED) is 0.861. The van der Waals surface area contributed by atoms with Gasteiger partial charge in [0, 0.05) is 29.4 Å². The molecule has 1 amide bonds. The molecule has 0 spiro atoms. The molecule has 0 aliphatic heterocycles. The number of hydrogen-bond acceptors (Lipinski definition) is 4. The van der Waals surface area contributed by atoms with E-state index in [1.165, 1.54) is 18.2 Å². The molecule has 7 heteroatoms. The molecule has 1 aliphatic carbocycles. The Morgan fingerprint density at radius 3 is 2.75 bits per heavy atom. The van der Waals surface area contributed by atoms with E-state index in [1.54, 1.807) is 13.2 Å². The van der Waals surface area contributed by atoms with Gasteiger partial charge in [-0.1, -0.05) is 6.07 Å². The van der Waals surface area contributed by atoms with E-state index >= 15 is 0 Å². The molecule has 1 aliphatic rings. The highest BCUT2D eigenvalue weighted by Gasteiger charge is 2.26. The summed E-state index contributed by atoms with van der Waals surface area (Å²) >= 11 is 0. The first-order valence-electron chi connectivity index (χ1n) is 6.28. The Balaban J connectivity index is 2.07. The normalized spacial score (nSPS) is 22.7. The molecule has 2 atom stereocenters. The molecule has 1 N–H and O–H groups in total. The van der Waals surface area contributed by atoms with Gasteiger partial charge in [0.1, 0.15) is 0 Å². The maximum atomic E-state index is 12.1. The van der Waals surface area contributed by atoms with Crippen molar-refractivity contribution in [3.63, 3.8) is 0 Å². The van der Waals surface area contributed by atoms with Crippen LogP contribution in [0.3, 0.4) is 0 Å². The summed E-state index contributed by atoms with van der Waals surface area (Å²) in [5, 5.41) is 2.88. The average Bonchev–Trinajstić information content (AvgIpc) is 2.85. The third-order valence-electron chi connectivity index (χ3n) is 3.43. The Morgan fingerprint density at radius 1 is 1.40 bits per heavy atom. The van der Waals surface area contributed by atoms with Gasteiger partial charge in [0.15, 0.2) is 0 Å². The standard InChI is InChI=1S/C13H16ClNO4S/c1-19-11-6-5-10(8-11)15-13(16)9-3-2-4-12(7-9)20(14,17)18/h2-4,7,10-11H,5-6,8H2,1H3,(H,15,16). The molecule has 2 unspecified atom stereocenters. The first kappa shape index (κ1) is 15.3. The monoisotopic (exact) mass is 317 g/mol. The minimum absolute atomic E-state index is 0.0590. The fraction of sp³-hybridized carbons (Fsp3) is 0.462. The lowest BCUT2D eigenvalue weighted by molar-refractivity contribution is 0.0915. The summed E-state index contributed by atoms with van der Waals surface area (Å²) in [6.07, 6.45) is 2.72. The van der Waals surface area contributed by atoms with Gasteiger partial charge in [-0.25, -0.2) is 8.42 Å². The van der Waals surface area contributed by atoms with E-state index in [-0.39, 0.29) is 28.5 Å². The van der Waals surface area contributed by atoms with Crippen molar-refractivity contribution in [2.45, 2.75) is 36.3 Å². The fourth-order valence-electron chi connectivity index (χ4n) is 2.34. The number of carbonyl (C=O) groups excluding carboxylic acids is 1. The molecule has 1 aromatic rings. The van der Waals surface area contributed by atoms with E-state index in [0.717, 1.165) is 19.3 Å². The summed E-state index contributed by atoms with van der Waals surface area (Å²) in [6.45, 7) is 0. The van der Waals surface area contributed by atoms with Crippen molar-refractivity contribution < 1.29 is 17.9 Å². The minimum Gasteiger partial charge on any atom is -0.381 e. The number of ether oxygens (including phenoxy) is 1. The van der Waals surface area contributed by atoms with Crippen LogP contribution in [0.25, 0.3) is 0 Å². The van der Waals surface area contributed by atoms with Crippen molar-refractivity contribution in [3.05, 3.63) is 29.8 Å². The summed E-state index contributed by atoms with van der Waals surface area (Å²) in [5.41, 5.74) is 0.285. The lowest BCUT2D eigenvalue weighted by atomic mass is 10.2. The topological polar surface area (TPSA) is 72.5 Å². The van der Waals surface area contributed by atoms with Gasteiger partial charge in [0.2, 0.25) is 0 Å². The Bertz CT molecular complexity index is 602. The van der Waals surface area contributed by atoms with E-state index in [4.69, 9.17) is 15.4 Å². The van der Waals surface area contributed by atoms with Crippen molar-refractivity contribution in [3.8, 4) is 0 Å². The summed E-state index contributed by atoms with van der Waals surface area (Å²) in [6, 6.07) is 5.75. The van der Waals surface area contributed by atoms with E-state index in [9.17, 15) is 13.2 Å². The number of amides is 1. The predicted molar refractivity (Wildman–Crippen MR) is 75.4 cm³/mol. The molecule has 110 valence electrons. The third-order valence-corrected chi connectivity index (χ3v) is 4.78. The SMILES string of the molecule is COC1CCC(NC(=O)c2cccc(S(=O)(=O)Cl)c2)C1. The van der Waals surface area contributed by atoms with Crippen molar-refractivity contribution in [1.29, 1.82) is 0 Å². The summed E-state index contributed by atoms with van der Waals surface area (Å²) < 4.78 is 27.7. The van der Waals surface area contributed by atoms with Gasteiger partial charge in [-0.2, -0.15) is 0 Å². The first-order chi connectivity index (χ1) is 9.40. The maximum Gasteiger partial charge on any atom is 0.261 e. The van der Waals surface area contributed by atoms with Crippen LogP contribution >= 0.6 is 10.7 Å². The number of halogens is 1. The van der Waals surface area contributed by atoms with Crippen LogP contribution < -0.4 is 5.32 Å². The molecule has 0 bridgehead atoms. The number of hydrogen-bond donors (Lipinski definition) is 1. The Kier molecular flexibility index (Phi) is 4.67. The number of methoxy groups -OCH3 is 1. The van der Waals surface area contributed by atoms with Gasteiger partial charge in [-0.15, -0.1) is 0 Å². The van der Waals surface area contributed by atoms with Gasteiger partial charge in [-0.05, 0) is 37.5 Å². The van der Waals surface area contributed by atoms with Crippen LogP contribution in [0.2, 0.25) is 0 Å². The second-order valence-corrected chi connectivity index (χ2v) is 7.37. The van der Waals surface area contributed by atoms with Crippen molar-refractivity contribution in [2.24, 2.45) is 0 Å². The zero-order chi connectivity index (χ0) is 14.8. The number of nitrogens with one attached hydrogen (secondary N) is 1. The minimum atomic E-state index is -3.83. The van der Waals surface area contributed by atoms with Crippen LogP contribution in [-0.2, 0) is 13.8 Å². The Labute approximate surface area is 122 Å². The van der Waals surface area contributed by atoms with Crippen molar-refractivity contribution >= 4 is 25.6 Å². The molecule has 0 aromatic heterocycles. The second kappa shape index (κ2) is 6.11.